The zero-order valence-electron chi connectivity index (χ0n) is 20.5. The third-order valence-corrected chi connectivity index (χ3v) is 6.92. The SMILES string of the molecule is COC1CN(Cc2ccc(C#Cc3ccc([C@H](CNC4CC4)Cc4nc[nH]c(=O)c4O)cc3)cc2)C1. The van der Waals surface area contributed by atoms with Gasteiger partial charge in [-0.3, -0.25) is 9.69 Å². The molecule has 1 saturated carbocycles. The van der Waals surface area contributed by atoms with E-state index >= 15 is 0 Å². The zero-order chi connectivity index (χ0) is 24.9. The van der Waals surface area contributed by atoms with E-state index in [4.69, 9.17) is 4.74 Å². The second-order valence-corrected chi connectivity index (χ2v) is 9.73. The Hall–Kier alpha value is -3.44. The highest BCUT2D eigenvalue weighted by Crippen LogP contribution is 2.25. The van der Waals surface area contributed by atoms with Crippen molar-refractivity contribution >= 4 is 0 Å². The number of aromatic amines is 1. The van der Waals surface area contributed by atoms with E-state index in [1.165, 1.54) is 24.7 Å². The third kappa shape index (κ3) is 6.21. The van der Waals surface area contributed by atoms with Crippen LogP contribution < -0.4 is 10.9 Å². The Bertz CT molecular complexity index is 1280. The molecule has 2 aromatic carbocycles. The Morgan fingerprint density at radius 3 is 2.42 bits per heavy atom. The first-order valence-electron chi connectivity index (χ1n) is 12.5. The molecule has 0 amide bonds. The maximum atomic E-state index is 11.8. The Morgan fingerprint density at radius 2 is 1.78 bits per heavy atom. The van der Waals surface area contributed by atoms with Crippen LogP contribution in [0.25, 0.3) is 0 Å². The molecule has 1 aliphatic carbocycles. The second kappa shape index (κ2) is 11.1. The number of nitrogens with zero attached hydrogens (tertiary/aromatic N) is 2. The number of hydrogen-bond acceptors (Lipinski definition) is 6. The van der Waals surface area contributed by atoms with Crippen LogP contribution in [0, 0.1) is 11.8 Å². The van der Waals surface area contributed by atoms with Gasteiger partial charge in [0.2, 0.25) is 5.75 Å². The standard InChI is InChI=1S/C29H32N4O3/c1-36-26-17-33(18-26)16-22-6-4-20(5-7-22)2-3-21-8-10-23(11-9-21)24(15-30-25-12-13-25)14-27-28(34)29(35)32-19-31-27/h4-11,19,24-26,30,34H,12-18H2,1H3,(H,31,32,35)/t24-/m0/s1. The average molecular weight is 485 g/mol. The quantitative estimate of drug-likeness (QED) is 0.405. The van der Waals surface area contributed by atoms with Gasteiger partial charge in [-0.25, -0.2) is 4.98 Å². The second-order valence-electron chi connectivity index (χ2n) is 9.73. The molecule has 1 aromatic heterocycles. The van der Waals surface area contributed by atoms with E-state index in [2.05, 4.69) is 68.4 Å². The highest BCUT2D eigenvalue weighted by atomic mass is 16.5. The van der Waals surface area contributed by atoms with Crippen molar-refractivity contribution < 1.29 is 9.84 Å². The number of benzene rings is 2. The van der Waals surface area contributed by atoms with Crippen LogP contribution in [0.5, 0.6) is 5.75 Å². The topological polar surface area (TPSA) is 90.5 Å². The van der Waals surface area contributed by atoms with Crippen LogP contribution in [0.2, 0.25) is 0 Å². The maximum Gasteiger partial charge on any atom is 0.293 e. The molecular weight excluding hydrogens is 452 g/mol. The summed E-state index contributed by atoms with van der Waals surface area (Å²) in [6.07, 6.45) is 4.59. The summed E-state index contributed by atoms with van der Waals surface area (Å²) in [5.74, 6) is 6.31. The van der Waals surface area contributed by atoms with E-state index in [0.717, 1.165) is 42.9 Å². The lowest BCUT2D eigenvalue weighted by atomic mass is 9.93. The number of nitrogens with one attached hydrogen (secondary N) is 2. The average Bonchev–Trinajstić information content (AvgIpc) is 3.71. The molecular formula is C29H32N4O3. The van der Waals surface area contributed by atoms with Crippen LogP contribution in [0.15, 0.2) is 59.7 Å². The van der Waals surface area contributed by atoms with Gasteiger partial charge in [0.05, 0.1) is 18.1 Å². The Kier molecular flexibility index (Phi) is 7.47. The van der Waals surface area contributed by atoms with Crippen molar-refractivity contribution in [2.75, 3.05) is 26.7 Å². The molecule has 3 aromatic rings. The third-order valence-electron chi connectivity index (χ3n) is 6.92. The van der Waals surface area contributed by atoms with Crippen molar-refractivity contribution in [1.82, 2.24) is 20.2 Å². The Balaban J connectivity index is 1.23. The van der Waals surface area contributed by atoms with E-state index in [1.54, 1.807) is 7.11 Å². The van der Waals surface area contributed by atoms with Gasteiger partial charge in [-0.1, -0.05) is 36.1 Å². The van der Waals surface area contributed by atoms with Crippen molar-refractivity contribution in [3.05, 3.63) is 93.2 Å². The first kappa shape index (κ1) is 24.3. The summed E-state index contributed by atoms with van der Waals surface area (Å²) in [5.41, 5.74) is 4.25. The molecule has 0 spiro atoms. The van der Waals surface area contributed by atoms with Gasteiger partial charge in [0.1, 0.15) is 0 Å². The summed E-state index contributed by atoms with van der Waals surface area (Å²) in [6, 6.07) is 17.2. The van der Waals surface area contributed by atoms with Gasteiger partial charge in [-0.2, -0.15) is 0 Å². The van der Waals surface area contributed by atoms with Crippen LogP contribution in [-0.2, 0) is 17.7 Å². The minimum Gasteiger partial charge on any atom is -0.502 e. The molecule has 2 heterocycles. The molecule has 7 heteroatoms. The van der Waals surface area contributed by atoms with Crippen molar-refractivity contribution in [3.8, 4) is 17.6 Å². The van der Waals surface area contributed by atoms with Gasteiger partial charge in [-0.15, -0.1) is 0 Å². The van der Waals surface area contributed by atoms with Crippen molar-refractivity contribution in [3.63, 3.8) is 0 Å². The first-order chi connectivity index (χ1) is 17.6. The van der Waals surface area contributed by atoms with Crippen LogP contribution >= 0.6 is 0 Å². The van der Waals surface area contributed by atoms with Gasteiger partial charge >= 0.3 is 0 Å². The number of hydrogen-bond donors (Lipinski definition) is 3. The first-order valence-corrected chi connectivity index (χ1v) is 12.5. The van der Waals surface area contributed by atoms with Crippen LogP contribution in [0.4, 0.5) is 0 Å². The Morgan fingerprint density at radius 1 is 1.11 bits per heavy atom. The van der Waals surface area contributed by atoms with Gasteiger partial charge < -0.3 is 20.1 Å². The largest absolute Gasteiger partial charge is 0.502 e. The maximum absolute atomic E-state index is 11.8. The molecule has 5 rings (SSSR count). The van der Waals surface area contributed by atoms with Crippen LogP contribution in [0.1, 0.15) is 46.7 Å². The van der Waals surface area contributed by atoms with E-state index < -0.39 is 5.56 Å². The van der Waals surface area contributed by atoms with Crippen LogP contribution in [-0.4, -0.2) is 58.9 Å². The number of aromatic hydroxyl groups is 1. The van der Waals surface area contributed by atoms with E-state index in [-0.39, 0.29) is 11.7 Å². The molecule has 36 heavy (non-hydrogen) atoms. The molecule has 7 nitrogen and oxygen atoms in total. The predicted octanol–water partition coefficient (Wildman–Crippen LogP) is 2.78. The summed E-state index contributed by atoms with van der Waals surface area (Å²) in [4.78, 5) is 20.8. The molecule has 0 unspecified atom stereocenters. The summed E-state index contributed by atoms with van der Waals surface area (Å²) in [6.45, 7) is 3.69. The fourth-order valence-electron chi connectivity index (χ4n) is 4.45. The number of aromatic nitrogens is 2. The summed E-state index contributed by atoms with van der Waals surface area (Å²) in [7, 11) is 1.77. The van der Waals surface area contributed by atoms with Crippen molar-refractivity contribution in [1.29, 1.82) is 0 Å². The van der Waals surface area contributed by atoms with Gasteiger partial charge in [0.15, 0.2) is 0 Å². The summed E-state index contributed by atoms with van der Waals surface area (Å²) in [5, 5.41) is 13.7. The molecule has 1 atom stereocenters. The zero-order valence-corrected chi connectivity index (χ0v) is 20.5. The molecule has 1 saturated heterocycles. The minimum absolute atomic E-state index is 0.0888. The highest BCUT2D eigenvalue weighted by Gasteiger charge is 2.26. The fraction of sp³-hybridized carbons (Fsp3) is 0.379. The number of ether oxygens (including phenoxy) is 1. The number of likely N-dealkylation sites (tertiary alicyclic amines) is 1. The van der Waals surface area contributed by atoms with E-state index in [1.807, 2.05) is 12.1 Å². The van der Waals surface area contributed by atoms with Gasteiger partial charge in [0.25, 0.3) is 5.56 Å². The smallest absolute Gasteiger partial charge is 0.293 e. The van der Waals surface area contributed by atoms with Gasteiger partial charge in [-0.05, 0) is 48.2 Å². The normalized spacial score (nSPS) is 16.7. The lowest BCUT2D eigenvalue weighted by Crippen LogP contribution is -2.50. The molecule has 1 aliphatic heterocycles. The number of methoxy groups -OCH3 is 1. The lowest BCUT2D eigenvalue weighted by Gasteiger charge is -2.38. The van der Waals surface area contributed by atoms with Crippen molar-refractivity contribution in [2.24, 2.45) is 0 Å². The summed E-state index contributed by atoms with van der Waals surface area (Å²) >= 11 is 0. The lowest BCUT2D eigenvalue weighted by molar-refractivity contribution is -0.0333. The monoisotopic (exact) mass is 484 g/mol. The van der Waals surface area contributed by atoms with Crippen LogP contribution in [0.3, 0.4) is 0 Å². The Labute approximate surface area is 211 Å². The molecule has 2 aliphatic rings. The molecule has 186 valence electrons. The van der Waals surface area contributed by atoms with E-state index in [0.29, 0.717) is 24.3 Å². The predicted molar refractivity (Wildman–Crippen MR) is 139 cm³/mol. The van der Waals surface area contributed by atoms with Crippen molar-refractivity contribution in [2.45, 2.75) is 43.9 Å². The molecule has 0 radical (unpaired) electrons. The fourth-order valence-corrected chi connectivity index (χ4v) is 4.45. The van der Waals surface area contributed by atoms with E-state index in [9.17, 15) is 9.90 Å². The molecule has 0 bridgehead atoms. The minimum atomic E-state index is -0.507. The molecule has 3 N–H and O–H groups in total. The summed E-state index contributed by atoms with van der Waals surface area (Å²) < 4.78 is 5.34. The number of rotatable bonds is 9. The molecule has 2 fully saturated rings. The highest BCUT2D eigenvalue weighted by molar-refractivity contribution is 5.44. The number of H-pyrrole nitrogens is 1. The van der Waals surface area contributed by atoms with Gasteiger partial charge in [0, 0.05) is 62.8 Å².